The van der Waals surface area contributed by atoms with Gasteiger partial charge in [0.05, 0.1) is 12.2 Å². The van der Waals surface area contributed by atoms with Crippen LogP contribution in [0, 0.1) is 5.92 Å². The van der Waals surface area contributed by atoms with Crippen LogP contribution in [0.4, 0.5) is 0 Å². The average molecular weight is 178 g/mol. The third-order valence-corrected chi connectivity index (χ3v) is 2.48. The first kappa shape index (κ1) is 9.88. The Labute approximate surface area is 69.9 Å². The standard InChI is InChI=1S/C7H14O5/c1-2-3(8)5(10)7(12)6(11)4(2)9/h2-12H,1H3/t2?,3-,4+,5-,6-,7?/m1/s1. The largest absolute Gasteiger partial charge is 0.390 e. The summed E-state index contributed by atoms with van der Waals surface area (Å²) in [6.45, 7) is 1.49. The summed E-state index contributed by atoms with van der Waals surface area (Å²) >= 11 is 0. The number of hydrogen-bond acceptors (Lipinski definition) is 5. The van der Waals surface area contributed by atoms with E-state index in [1.807, 2.05) is 0 Å². The van der Waals surface area contributed by atoms with Crippen molar-refractivity contribution < 1.29 is 25.5 Å². The maximum absolute atomic E-state index is 9.22. The normalized spacial score (nSPS) is 55.5. The van der Waals surface area contributed by atoms with Gasteiger partial charge in [0.2, 0.25) is 0 Å². The monoisotopic (exact) mass is 178 g/mol. The SMILES string of the molecule is CC1[C@@H](O)[C@@H](O)C(O)[C@H](O)[C@H]1O. The van der Waals surface area contributed by atoms with Crippen LogP contribution in [0.2, 0.25) is 0 Å². The van der Waals surface area contributed by atoms with E-state index in [1.54, 1.807) is 0 Å². The molecule has 0 saturated heterocycles. The lowest BCUT2D eigenvalue weighted by atomic mass is 9.80. The van der Waals surface area contributed by atoms with Gasteiger partial charge < -0.3 is 25.5 Å². The Balaban J connectivity index is 2.76. The maximum Gasteiger partial charge on any atom is 0.111 e. The molecule has 2 unspecified atom stereocenters. The van der Waals surface area contributed by atoms with Gasteiger partial charge in [0.15, 0.2) is 0 Å². The number of hydrogen-bond donors (Lipinski definition) is 5. The zero-order valence-corrected chi connectivity index (χ0v) is 6.70. The van der Waals surface area contributed by atoms with Crippen molar-refractivity contribution in [3.05, 3.63) is 0 Å². The summed E-state index contributed by atoms with van der Waals surface area (Å²) in [7, 11) is 0. The summed E-state index contributed by atoms with van der Waals surface area (Å²) in [5.74, 6) is -0.640. The van der Waals surface area contributed by atoms with E-state index < -0.39 is 36.4 Å². The van der Waals surface area contributed by atoms with Crippen molar-refractivity contribution in [2.75, 3.05) is 0 Å². The molecule has 0 aromatic carbocycles. The van der Waals surface area contributed by atoms with E-state index in [4.69, 9.17) is 15.3 Å². The Morgan fingerprint density at radius 1 is 0.583 bits per heavy atom. The molecule has 0 heterocycles. The molecule has 0 aliphatic heterocycles. The van der Waals surface area contributed by atoms with Crippen molar-refractivity contribution >= 4 is 0 Å². The predicted molar refractivity (Wildman–Crippen MR) is 39.2 cm³/mol. The molecule has 0 spiro atoms. The summed E-state index contributed by atoms with van der Waals surface area (Å²) in [6, 6.07) is 0. The third kappa shape index (κ3) is 1.34. The van der Waals surface area contributed by atoms with Crippen molar-refractivity contribution in [2.45, 2.75) is 37.4 Å². The molecule has 72 valence electrons. The minimum atomic E-state index is -1.48. The van der Waals surface area contributed by atoms with E-state index in [9.17, 15) is 10.2 Å². The van der Waals surface area contributed by atoms with Crippen molar-refractivity contribution in [3.8, 4) is 0 Å². The minimum absolute atomic E-state index is 0.640. The highest BCUT2D eigenvalue weighted by Gasteiger charge is 2.45. The van der Waals surface area contributed by atoms with E-state index in [-0.39, 0.29) is 0 Å². The number of aliphatic hydroxyl groups excluding tert-OH is 5. The molecule has 0 bridgehead atoms. The summed E-state index contributed by atoms with van der Waals surface area (Å²) in [5, 5.41) is 45.8. The highest BCUT2D eigenvalue weighted by molar-refractivity contribution is 4.96. The lowest BCUT2D eigenvalue weighted by Crippen LogP contribution is -2.60. The van der Waals surface area contributed by atoms with Crippen molar-refractivity contribution in [1.82, 2.24) is 0 Å². The summed E-state index contributed by atoms with van der Waals surface area (Å²) in [5.41, 5.74) is 0. The molecule has 1 rings (SSSR count). The molecule has 5 heteroatoms. The molecule has 0 aromatic rings. The van der Waals surface area contributed by atoms with Gasteiger partial charge >= 0.3 is 0 Å². The topological polar surface area (TPSA) is 101 Å². The summed E-state index contributed by atoms with van der Waals surface area (Å²) in [4.78, 5) is 0. The first-order chi connectivity index (χ1) is 5.46. The molecule has 6 atom stereocenters. The molecular formula is C7H14O5. The van der Waals surface area contributed by atoms with E-state index in [0.29, 0.717) is 0 Å². The van der Waals surface area contributed by atoms with Gasteiger partial charge in [-0.25, -0.2) is 0 Å². The lowest BCUT2D eigenvalue weighted by molar-refractivity contribution is -0.200. The van der Waals surface area contributed by atoms with Gasteiger partial charge in [-0.2, -0.15) is 0 Å². The van der Waals surface area contributed by atoms with Gasteiger partial charge in [-0.3, -0.25) is 0 Å². The Morgan fingerprint density at radius 3 is 1.17 bits per heavy atom. The maximum atomic E-state index is 9.22. The molecule has 5 nitrogen and oxygen atoms in total. The minimum Gasteiger partial charge on any atom is -0.390 e. The Bertz CT molecular complexity index is 103. The molecule has 0 aromatic heterocycles. The van der Waals surface area contributed by atoms with Gasteiger partial charge in [-0.05, 0) is 0 Å². The fourth-order valence-corrected chi connectivity index (χ4v) is 1.43. The predicted octanol–water partition coefficient (Wildman–Crippen LogP) is -2.56. The molecule has 12 heavy (non-hydrogen) atoms. The van der Waals surface area contributed by atoms with E-state index in [0.717, 1.165) is 0 Å². The van der Waals surface area contributed by atoms with Crippen LogP contribution in [-0.2, 0) is 0 Å². The molecule has 1 fully saturated rings. The van der Waals surface area contributed by atoms with Gasteiger partial charge in [0.1, 0.15) is 18.3 Å². The fraction of sp³-hybridized carbons (Fsp3) is 1.00. The van der Waals surface area contributed by atoms with Gasteiger partial charge in [0, 0.05) is 5.92 Å². The molecule has 1 aliphatic rings. The van der Waals surface area contributed by atoms with Crippen LogP contribution in [0.25, 0.3) is 0 Å². The first-order valence-corrected chi connectivity index (χ1v) is 3.87. The highest BCUT2D eigenvalue weighted by Crippen LogP contribution is 2.25. The summed E-state index contributed by atoms with van der Waals surface area (Å²) in [6.07, 6.45) is -6.65. The van der Waals surface area contributed by atoms with Gasteiger partial charge in [-0.15, -0.1) is 0 Å². The van der Waals surface area contributed by atoms with Crippen molar-refractivity contribution in [1.29, 1.82) is 0 Å². The van der Waals surface area contributed by atoms with Gasteiger partial charge in [0.25, 0.3) is 0 Å². The van der Waals surface area contributed by atoms with E-state index >= 15 is 0 Å². The van der Waals surface area contributed by atoms with E-state index in [2.05, 4.69) is 0 Å². The second-order valence-corrected chi connectivity index (χ2v) is 3.31. The van der Waals surface area contributed by atoms with Crippen LogP contribution in [0.1, 0.15) is 6.92 Å². The molecule has 0 amide bonds. The molecule has 1 saturated carbocycles. The van der Waals surface area contributed by atoms with Crippen LogP contribution in [0.15, 0.2) is 0 Å². The molecule has 5 N–H and O–H groups in total. The molecule has 1 aliphatic carbocycles. The quantitative estimate of drug-likeness (QED) is 0.281. The Hall–Kier alpha value is -0.200. The second-order valence-electron chi connectivity index (χ2n) is 3.31. The van der Waals surface area contributed by atoms with Crippen molar-refractivity contribution in [2.24, 2.45) is 5.92 Å². The highest BCUT2D eigenvalue weighted by atomic mass is 16.4. The van der Waals surface area contributed by atoms with Crippen LogP contribution in [0.3, 0.4) is 0 Å². The van der Waals surface area contributed by atoms with Crippen LogP contribution >= 0.6 is 0 Å². The first-order valence-electron chi connectivity index (χ1n) is 3.87. The Kier molecular flexibility index (Phi) is 2.70. The van der Waals surface area contributed by atoms with Gasteiger partial charge in [-0.1, -0.05) is 6.92 Å². The number of aliphatic hydroxyl groups is 5. The zero-order valence-electron chi connectivity index (χ0n) is 6.70. The third-order valence-electron chi connectivity index (χ3n) is 2.48. The van der Waals surface area contributed by atoms with Crippen molar-refractivity contribution in [3.63, 3.8) is 0 Å². The van der Waals surface area contributed by atoms with Crippen LogP contribution in [-0.4, -0.2) is 56.1 Å². The fourth-order valence-electron chi connectivity index (χ4n) is 1.43. The second kappa shape index (κ2) is 3.27. The number of rotatable bonds is 0. The zero-order chi connectivity index (χ0) is 9.46. The average Bonchev–Trinajstić information content (AvgIpc) is 2.08. The summed E-state index contributed by atoms with van der Waals surface area (Å²) < 4.78 is 0. The lowest BCUT2D eigenvalue weighted by Gasteiger charge is -2.40. The van der Waals surface area contributed by atoms with E-state index in [1.165, 1.54) is 6.92 Å². The Morgan fingerprint density at radius 2 is 0.833 bits per heavy atom. The smallest absolute Gasteiger partial charge is 0.111 e. The molecular weight excluding hydrogens is 164 g/mol. The molecule has 0 radical (unpaired) electrons. The van der Waals surface area contributed by atoms with Crippen LogP contribution in [0.5, 0.6) is 0 Å². The van der Waals surface area contributed by atoms with Crippen LogP contribution < -0.4 is 0 Å².